The Bertz CT molecular complexity index is 1090. The zero-order valence-corrected chi connectivity index (χ0v) is 26.3. The van der Waals surface area contributed by atoms with Crippen molar-refractivity contribution in [2.24, 2.45) is 62.6 Å². The molecule has 0 heterocycles. The molecule has 39 heavy (non-hydrogen) atoms. The predicted molar refractivity (Wildman–Crippen MR) is 160 cm³/mol. The van der Waals surface area contributed by atoms with Crippen LogP contribution in [0.25, 0.3) is 0 Å². The molecule has 2 heteroatoms. The van der Waals surface area contributed by atoms with E-state index in [1.165, 1.54) is 51.4 Å². The fourth-order valence-electron chi connectivity index (χ4n) is 12.7. The van der Waals surface area contributed by atoms with E-state index in [-0.39, 0.29) is 17.5 Å². The van der Waals surface area contributed by atoms with Crippen LogP contribution in [0.2, 0.25) is 0 Å². The van der Waals surface area contributed by atoms with Gasteiger partial charge in [0, 0.05) is 5.41 Å². The molecule has 10 atom stereocenters. The summed E-state index contributed by atoms with van der Waals surface area (Å²) in [4.78, 5) is 13.5. The fraction of sp³-hybridized carbons (Fsp3) is 0.811. The van der Waals surface area contributed by atoms with Crippen molar-refractivity contribution in [1.29, 1.82) is 0 Å². The van der Waals surface area contributed by atoms with E-state index in [1.54, 1.807) is 0 Å². The average molecular weight is 533 g/mol. The first-order valence-electron chi connectivity index (χ1n) is 16.5. The van der Waals surface area contributed by atoms with Crippen LogP contribution < -0.4 is 0 Å². The molecule has 2 nitrogen and oxygen atoms in total. The van der Waals surface area contributed by atoms with Crippen LogP contribution in [-0.4, -0.2) is 12.1 Å². The maximum Gasteiger partial charge on any atom is 0.338 e. The van der Waals surface area contributed by atoms with Gasteiger partial charge in [-0.15, -0.1) is 0 Å². The summed E-state index contributed by atoms with van der Waals surface area (Å²) in [6.07, 6.45) is 13.2. The molecule has 1 aromatic carbocycles. The Hall–Kier alpha value is -1.31. The number of benzene rings is 1. The monoisotopic (exact) mass is 532 g/mol. The second kappa shape index (κ2) is 9.09. The van der Waals surface area contributed by atoms with Crippen LogP contribution in [0.4, 0.5) is 0 Å². The summed E-state index contributed by atoms with van der Waals surface area (Å²) in [6, 6.07) is 9.71. The Labute approximate surface area is 239 Å². The Morgan fingerprint density at radius 3 is 2.18 bits per heavy atom. The van der Waals surface area contributed by atoms with Gasteiger partial charge in [-0.1, -0.05) is 73.6 Å². The van der Waals surface area contributed by atoms with Crippen molar-refractivity contribution in [1.82, 2.24) is 0 Å². The van der Waals surface area contributed by atoms with Crippen molar-refractivity contribution in [2.75, 3.05) is 0 Å². The summed E-state index contributed by atoms with van der Waals surface area (Å²) in [5.74, 6) is 4.50. The topological polar surface area (TPSA) is 26.3 Å². The SMILES string of the molecule is CC(C)[C@@H]1CCC2(C)CC[C@]3(C)C(CCC4C5(C)C(OC(=O)c6ccccc6)CCC(C)(C)[C@@H]5CCC43C)[C@@H]12. The van der Waals surface area contributed by atoms with E-state index >= 15 is 0 Å². The minimum absolute atomic E-state index is 0.0109. The van der Waals surface area contributed by atoms with Crippen molar-refractivity contribution < 1.29 is 9.53 Å². The highest BCUT2D eigenvalue weighted by Crippen LogP contribution is 2.77. The summed E-state index contributed by atoms with van der Waals surface area (Å²) in [5, 5.41) is 0. The molecule has 0 aliphatic heterocycles. The molecule has 5 saturated carbocycles. The van der Waals surface area contributed by atoms with Gasteiger partial charge in [0.25, 0.3) is 0 Å². The maximum atomic E-state index is 13.5. The molecule has 6 rings (SSSR count). The number of carbonyl (C=O) groups excluding carboxylic acids is 1. The molecule has 0 bridgehead atoms. The van der Waals surface area contributed by atoms with Crippen LogP contribution in [0, 0.1) is 62.6 Å². The highest BCUT2D eigenvalue weighted by Gasteiger charge is 2.71. The Morgan fingerprint density at radius 1 is 0.769 bits per heavy atom. The summed E-state index contributed by atoms with van der Waals surface area (Å²) in [7, 11) is 0. The zero-order chi connectivity index (χ0) is 28.0. The summed E-state index contributed by atoms with van der Waals surface area (Å²) in [6.45, 7) is 20.7. The minimum atomic E-state index is -0.119. The maximum absolute atomic E-state index is 13.5. The molecule has 0 amide bonds. The quantitative estimate of drug-likeness (QED) is 0.362. The summed E-state index contributed by atoms with van der Waals surface area (Å²) in [5.41, 5.74) is 2.25. The largest absolute Gasteiger partial charge is 0.458 e. The zero-order valence-electron chi connectivity index (χ0n) is 26.3. The number of esters is 1. The molecular weight excluding hydrogens is 476 g/mol. The smallest absolute Gasteiger partial charge is 0.338 e. The molecule has 5 aliphatic carbocycles. The van der Waals surface area contributed by atoms with Gasteiger partial charge in [-0.05, 0) is 134 Å². The molecule has 6 unspecified atom stereocenters. The van der Waals surface area contributed by atoms with Gasteiger partial charge in [0.1, 0.15) is 6.10 Å². The van der Waals surface area contributed by atoms with Crippen LogP contribution in [0.1, 0.15) is 130 Å². The Balaban J connectivity index is 1.38. The third-order valence-corrected chi connectivity index (χ3v) is 14.9. The van der Waals surface area contributed by atoms with Crippen molar-refractivity contribution in [3.63, 3.8) is 0 Å². The van der Waals surface area contributed by atoms with E-state index in [2.05, 4.69) is 55.4 Å². The second-order valence-corrected chi connectivity index (χ2v) is 16.9. The lowest BCUT2D eigenvalue weighted by atomic mass is 9.32. The molecular formula is C37H56O2. The van der Waals surface area contributed by atoms with Gasteiger partial charge in [0.05, 0.1) is 5.56 Å². The Morgan fingerprint density at radius 2 is 1.49 bits per heavy atom. The number of hydrogen-bond acceptors (Lipinski definition) is 2. The van der Waals surface area contributed by atoms with Crippen LogP contribution in [-0.2, 0) is 4.74 Å². The summed E-state index contributed by atoms with van der Waals surface area (Å²) >= 11 is 0. The van der Waals surface area contributed by atoms with E-state index in [0.29, 0.717) is 39.1 Å². The van der Waals surface area contributed by atoms with E-state index in [0.717, 1.165) is 36.5 Å². The van der Waals surface area contributed by atoms with Gasteiger partial charge in [-0.3, -0.25) is 0 Å². The summed E-state index contributed by atoms with van der Waals surface area (Å²) < 4.78 is 6.60. The molecule has 0 spiro atoms. The Kier molecular flexibility index (Phi) is 6.49. The molecule has 5 fully saturated rings. The number of rotatable bonds is 3. The number of carbonyl (C=O) groups is 1. The third kappa shape index (κ3) is 3.81. The fourth-order valence-corrected chi connectivity index (χ4v) is 12.7. The van der Waals surface area contributed by atoms with Gasteiger partial charge in [-0.2, -0.15) is 0 Å². The van der Waals surface area contributed by atoms with E-state index in [4.69, 9.17) is 4.74 Å². The highest BCUT2D eigenvalue weighted by atomic mass is 16.5. The van der Waals surface area contributed by atoms with Gasteiger partial charge >= 0.3 is 5.97 Å². The molecule has 216 valence electrons. The first-order chi connectivity index (χ1) is 18.3. The van der Waals surface area contributed by atoms with Gasteiger partial charge in [0.15, 0.2) is 0 Å². The lowest BCUT2D eigenvalue weighted by Crippen LogP contribution is -2.68. The van der Waals surface area contributed by atoms with E-state index in [1.807, 2.05) is 30.3 Å². The molecule has 0 N–H and O–H groups in total. The predicted octanol–water partition coefficient (Wildman–Crippen LogP) is 9.97. The van der Waals surface area contributed by atoms with Crippen LogP contribution in [0.3, 0.4) is 0 Å². The molecule has 0 aromatic heterocycles. The van der Waals surface area contributed by atoms with Gasteiger partial charge in [-0.25, -0.2) is 4.79 Å². The molecule has 0 radical (unpaired) electrons. The molecule has 1 aromatic rings. The second-order valence-electron chi connectivity index (χ2n) is 16.9. The van der Waals surface area contributed by atoms with Crippen LogP contribution in [0.5, 0.6) is 0 Å². The molecule has 0 saturated heterocycles. The van der Waals surface area contributed by atoms with Crippen molar-refractivity contribution in [3.8, 4) is 0 Å². The average Bonchev–Trinajstić information content (AvgIpc) is 3.24. The number of hydrogen-bond donors (Lipinski definition) is 0. The van der Waals surface area contributed by atoms with Gasteiger partial charge < -0.3 is 4.74 Å². The lowest BCUT2D eigenvalue weighted by Gasteiger charge is -2.73. The van der Waals surface area contributed by atoms with E-state index < -0.39 is 0 Å². The molecule has 5 aliphatic rings. The normalized spacial score (nSPS) is 48.4. The van der Waals surface area contributed by atoms with Crippen LogP contribution in [0.15, 0.2) is 30.3 Å². The highest BCUT2D eigenvalue weighted by molar-refractivity contribution is 5.89. The first-order valence-corrected chi connectivity index (χ1v) is 16.5. The third-order valence-electron chi connectivity index (χ3n) is 14.9. The van der Waals surface area contributed by atoms with E-state index in [9.17, 15) is 4.79 Å². The van der Waals surface area contributed by atoms with Gasteiger partial charge in [0.2, 0.25) is 0 Å². The van der Waals surface area contributed by atoms with Crippen molar-refractivity contribution >= 4 is 5.97 Å². The van der Waals surface area contributed by atoms with Crippen LogP contribution >= 0.6 is 0 Å². The first kappa shape index (κ1) is 27.8. The number of fused-ring (bicyclic) bond motifs is 7. The minimum Gasteiger partial charge on any atom is -0.458 e. The number of ether oxygens (including phenoxy) is 1. The lowest BCUT2D eigenvalue weighted by molar-refractivity contribution is -0.260. The van der Waals surface area contributed by atoms with Crippen molar-refractivity contribution in [3.05, 3.63) is 35.9 Å². The van der Waals surface area contributed by atoms with Crippen molar-refractivity contribution in [2.45, 2.75) is 126 Å². The standard InChI is InChI=1S/C37H56O2/c1-24(2)26-16-20-34(5)22-23-35(6)27(31(26)34)14-15-29-36(35,7)21-17-28-33(3,4)19-18-30(37(28,29)8)39-32(38)25-12-10-9-11-13-25/h9-13,24,26-31H,14-23H2,1-8H3/t26-,27?,28-,29?,30?,31+,34?,35+,36?,37?/m0/s1.